The van der Waals surface area contributed by atoms with Crippen LogP contribution in [0.3, 0.4) is 0 Å². The maximum absolute atomic E-state index is 13.4. The summed E-state index contributed by atoms with van der Waals surface area (Å²) in [6.45, 7) is 6.25. The number of anilines is 1. The number of aromatic nitrogens is 4. The molecule has 2 aromatic carbocycles. The average molecular weight is 815 g/mol. The van der Waals surface area contributed by atoms with Crippen molar-refractivity contribution in [1.82, 2.24) is 35.5 Å². The SMILES string of the molecule is CC(=O)OCCNC(=O)[C@H](CCC(=O)NCCOC(C)C)CC(=O)c1ccc(NCc2cnc3nc(N=CN(C)C)nc(OCCc4ccc([N+](=O)[O-])cc4)c3n2)cc1. The van der Waals surface area contributed by atoms with Crippen LogP contribution in [0.4, 0.5) is 17.3 Å². The largest absolute Gasteiger partial charge is 0.476 e. The van der Waals surface area contributed by atoms with Crippen LogP contribution in [0.15, 0.2) is 59.7 Å². The maximum Gasteiger partial charge on any atom is 0.302 e. The van der Waals surface area contributed by atoms with Gasteiger partial charge in [-0.2, -0.15) is 9.97 Å². The van der Waals surface area contributed by atoms with Gasteiger partial charge in [-0.1, -0.05) is 12.1 Å². The number of nitrogens with one attached hydrogen (secondary N) is 3. The van der Waals surface area contributed by atoms with Gasteiger partial charge in [-0.05, 0) is 50.1 Å². The number of ether oxygens (including phenoxy) is 3. The van der Waals surface area contributed by atoms with Crippen LogP contribution in [0.25, 0.3) is 11.2 Å². The van der Waals surface area contributed by atoms with Crippen LogP contribution in [0.1, 0.15) is 61.6 Å². The third kappa shape index (κ3) is 15.7. The van der Waals surface area contributed by atoms with Crippen molar-refractivity contribution in [2.24, 2.45) is 10.9 Å². The number of Topliss-reactive ketones (excluding diaryl/α,β-unsaturated/α-hetero) is 1. The van der Waals surface area contributed by atoms with E-state index >= 15 is 0 Å². The molecule has 0 spiro atoms. The van der Waals surface area contributed by atoms with Crippen molar-refractivity contribution in [1.29, 1.82) is 0 Å². The number of nitro benzene ring substituents is 1. The van der Waals surface area contributed by atoms with Crippen molar-refractivity contribution >= 4 is 58.4 Å². The molecule has 314 valence electrons. The van der Waals surface area contributed by atoms with Crippen molar-refractivity contribution in [2.75, 3.05) is 52.3 Å². The number of carbonyl (C=O) groups is 4. The number of ketones is 1. The van der Waals surface area contributed by atoms with E-state index in [1.54, 1.807) is 53.8 Å². The number of aliphatic imine (C=N–C) groups is 1. The number of rotatable bonds is 24. The van der Waals surface area contributed by atoms with Gasteiger partial charge < -0.3 is 35.1 Å². The number of amides is 2. The summed E-state index contributed by atoms with van der Waals surface area (Å²) in [6, 6.07) is 13.0. The number of esters is 1. The lowest BCUT2D eigenvalue weighted by atomic mass is 9.93. The minimum atomic E-state index is -0.794. The maximum atomic E-state index is 13.4. The first-order valence-electron chi connectivity index (χ1n) is 19.0. The zero-order valence-electron chi connectivity index (χ0n) is 33.8. The molecule has 0 fully saturated rings. The number of benzene rings is 2. The van der Waals surface area contributed by atoms with Crippen molar-refractivity contribution in [3.05, 3.63) is 81.7 Å². The topological polar surface area (TPSA) is 242 Å². The number of hydrogen-bond donors (Lipinski definition) is 3. The molecular weight excluding hydrogens is 765 g/mol. The minimum Gasteiger partial charge on any atom is -0.476 e. The Bertz CT molecular complexity index is 2080. The van der Waals surface area contributed by atoms with Gasteiger partial charge in [0, 0.05) is 76.1 Å². The van der Waals surface area contributed by atoms with E-state index in [2.05, 4.69) is 35.9 Å². The van der Waals surface area contributed by atoms with Crippen LogP contribution < -0.4 is 20.7 Å². The standard InChI is InChI=1S/C40H50N10O9/c1-26(2)57-20-17-41-35(53)15-10-30(38(54)42-18-21-58-27(3)51)22-34(52)29-8-11-31(12-9-29)43-23-32-24-44-37-36(46-32)39(48-40(47-37)45-25-49(4)5)59-19-16-28-6-13-33(14-7-28)50(55)56/h6-9,11-14,24-26,30,43H,10,15-23H2,1-5H3,(H,41,53)(H,42,54)/t30-/m1/s1. The molecule has 19 nitrogen and oxygen atoms in total. The van der Waals surface area contributed by atoms with Gasteiger partial charge >= 0.3 is 5.97 Å². The van der Waals surface area contributed by atoms with E-state index in [0.717, 1.165) is 5.56 Å². The Morgan fingerprint density at radius 1 is 0.949 bits per heavy atom. The number of hydrogen-bond acceptors (Lipinski definition) is 15. The molecule has 2 aromatic heterocycles. The van der Waals surface area contributed by atoms with Crippen LogP contribution >= 0.6 is 0 Å². The number of non-ortho nitro benzene ring substituents is 1. The molecule has 3 N–H and O–H groups in total. The molecule has 2 heterocycles. The van der Waals surface area contributed by atoms with Gasteiger partial charge in [0.05, 0.1) is 55.6 Å². The molecule has 2 amide bonds. The van der Waals surface area contributed by atoms with Crippen molar-refractivity contribution in [3.8, 4) is 5.88 Å². The highest BCUT2D eigenvalue weighted by atomic mass is 16.6. The van der Waals surface area contributed by atoms with Crippen molar-refractivity contribution in [3.63, 3.8) is 0 Å². The molecule has 4 rings (SSSR count). The second-order valence-electron chi connectivity index (χ2n) is 13.8. The van der Waals surface area contributed by atoms with Crippen LogP contribution in [0, 0.1) is 16.0 Å². The third-order valence-corrected chi connectivity index (χ3v) is 8.38. The van der Waals surface area contributed by atoms with Crippen molar-refractivity contribution in [2.45, 2.75) is 59.1 Å². The molecular formula is C40H50N10O9. The van der Waals surface area contributed by atoms with E-state index < -0.39 is 22.7 Å². The molecule has 0 radical (unpaired) electrons. The summed E-state index contributed by atoms with van der Waals surface area (Å²) < 4.78 is 16.4. The van der Waals surface area contributed by atoms with E-state index in [1.165, 1.54) is 19.1 Å². The Morgan fingerprint density at radius 3 is 2.36 bits per heavy atom. The number of nitrogens with zero attached hydrogens (tertiary/aromatic N) is 7. The fourth-order valence-corrected chi connectivity index (χ4v) is 5.39. The summed E-state index contributed by atoms with van der Waals surface area (Å²) >= 11 is 0. The minimum absolute atomic E-state index is 0.000418. The quantitative estimate of drug-likeness (QED) is 0.0172. The average Bonchev–Trinajstić information content (AvgIpc) is 3.21. The van der Waals surface area contributed by atoms with E-state index in [4.69, 9.17) is 19.2 Å². The zero-order valence-corrected chi connectivity index (χ0v) is 33.8. The molecule has 0 aliphatic rings. The van der Waals surface area contributed by atoms with Crippen LogP contribution in [-0.2, 0) is 36.8 Å². The Kier molecular flexibility index (Phi) is 17.5. The summed E-state index contributed by atoms with van der Waals surface area (Å²) in [5.74, 6) is -1.92. The fourth-order valence-electron chi connectivity index (χ4n) is 5.39. The van der Waals surface area contributed by atoms with Gasteiger partial charge in [0.25, 0.3) is 11.6 Å². The summed E-state index contributed by atoms with van der Waals surface area (Å²) in [4.78, 5) is 84.6. The molecule has 0 saturated heterocycles. The molecule has 0 aliphatic heterocycles. The highest BCUT2D eigenvalue weighted by Gasteiger charge is 2.24. The van der Waals surface area contributed by atoms with Crippen LogP contribution in [0.5, 0.6) is 5.88 Å². The van der Waals surface area contributed by atoms with Crippen LogP contribution in [-0.4, -0.2) is 113 Å². The fraction of sp³-hybridized carbons (Fsp3) is 0.425. The Hall–Kier alpha value is -6.63. The molecule has 0 bridgehead atoms. The second-order valence-corrected chi connectivity index (χ2v) is 13.8. The number of nitro groups is 1. The van der Waals surface area contributed by atoms with Gasteiger partial charge in [0.15, 0.2) is 16.9 Å². The smallest absolute Gasteiger partial charge is 0.302 e. The third-order valence-electron chi connectivity index (χ3n) is 8.38. The highest BCUT2D eigenvalue weighted by molar-refractivity contribution is 5.99. The van der Waals surface area contributed by atoms with E-state index in [9.17, 15) is 29.3 Å². The van der Waals surface area contributed by atoms with Gasteiger partial charge in [0.2, 0.25) is 17.7 Å². The first-order chi connectivity index (χ1) is 28.3. The van der Waals surface area contributed by atoms with E-state index in [1.807, 2.05) is 27.9 Å². The first-order valence-corrected chi connectivity index (χ1v) is 19.0. The normalized spacial score (nSPS) is 11.6. The summed E-state index contributed by atoms with van der Waals surface area (Å²) in [6.07, 6.45) is 3.63. The summed E-state index contributed by atoms with van der Waals surface area (Å²) in [5.41, 5.74) is 3.05. The Labute approximate surface area is 341 Å². The predicted molar refractivity (Wildman–Crippen MR) is 218 cm³/mol. The summed E-state index contributed by atoms with van der Waals surface area (Å²) in [5, 5.41) is 19.7. The number of fused-ring (bicyclic) bond motifs is 1. The molecule has 19 heteroatoms. The highest BCUT2D eigenvalue weighted by Crippen LogP contribution is 2.24. The molecule has 1 atom stereocenters. The van der Waals surface area contributed by atoms with Gasteiger partial charge in [0.1, 0.15) is 6.61 Å². The zero-order chi connectivity index (χ0) is 42.7. The van der Waals surface area contributed by atoms with Gasteiger partial charge in [-0.15, -0.1) is 0 Å². The van der Waals surface area contributed by atoms with Gasteiger partial charge in [-0.3, -0.25) is 29.3 Å². The summed E-state index contributed by atoms with van der Waals surface area (Å²) in [7, 11) is 3.62. The van der Waals surface area contributed by atoms with Crippen LogP contribution in [0.2, 0.25) is 0 Å². The number of carbonyl (C=O) groups excluding carboxylic acids is 4. The molecule has 59 heavy (non-hydrogen) atoms. The Morgan fingerprint density at radius 2 is 1.68 bits per heavy atom. The van der Waals surface area contributed by atoms with E-state index in [-0.39, 0.29) is 86.5 Å². The molecule has 0 unspecified atom stereocenters. The lowest BCUT2D eigenvalue weighted by molar-refractivity contribution is -0.384. The second kappa shape index (κ2) is 22.9. The van der Waals surface area contributed by atoms with Crippen molar-refractivity contribution < 1.29 is 38.3 Å². The monoisotopic (exact) mass is 814 g/mol. The molecule has 0 saturated carbocycles. The lowest BCUT2D eigenvalue weighted by Gasteiger charge is -2.17. The lowest BCUT2D eigenvalue weighted by Crippen LogP contribution is -2.35. The van der Waals surface area contributed by atoms with Gasteiger partial charge in [-0.25, -0.2) is 15.0 Å². The Balaban J connectivity index is 1.40. The molecule has 4 aromatic rings. The first kappa shape index (κ1) is 45.1. The molecule has 0 aliphatic carbocycles. The predicted octanol–water partition coefficient (Wildman–Crippen LogP) is 3.97. The van der Waals surface area contributed by atoms with E-state index in [0.29, 0.717) is 42.0 Å².